The number of hydrogen-bond donors (Lipinski definition) is 2. The molecule has 2 N–H and O–H groups in total. The monoisotopic (exact) mass is 531 g/mol. The summed E-state index contributed by atoms with van der Waals surface area (Å²) in [4.78, 5) is 12.4. The van der Waals surface area contributed by atoms with Crippen LogP contribution >= 0.6 is 0 Å². The second-order valence-electron chi connectivity index (χ2n) is 14.2. The van der Waals surface area contributed by atoms with Crippen molar-refractivity contribution in [3.05, 3.63) is 11.6 Å². The molecular formula is C33H57NO4. The van der Waals surface area contributed by atoms with Gasteiger partial charge in [-0.1, -0.05) is 58.6 Å². The molecule has 3 fully saturated rings. The smallest absolute Gasteiger partial charge is 0.407 e. The maximum Gasteiger partial charge on any atom is 0.407 e. The van der Waals surface area contributed by atoms with Crippen LogP contribution in [0.3, 0.4) is 0 Å². The fraction of sp³-hybridized carbons (Fsp3) is 0.909. The molecule has 4 rings (SSSR count). The summed E-state index contributed by atoms with van der Waals surface area (Å²) in [6.45, 7) is 10.9. The third kappa shape index (κ3) is 6.62. The topological polar surface area (TPSA) is 67.8 Å². The van der Waals surface area contributed by atoms with Crippen molar-refractivity contribution >= 4 is 6.09 Å². The van der Waals surface area contributed by atoms with E-state index in [9.17, 15) is 9.90 Å². The van der Waals surface area contributed by atoms with Gasteiger partial charge < -0.3 is 19.9 Å². The van der Waals surface area contributed by atoms with Crippen molar-refractivity contribution in [2.24, 2.45) is 40.4 Å². The summed E-state index contributed by atoms with van der Waals surface area (Å²) in [7, 11) is 1.63. The molecule has 0 bridgehead atoms. The summed E-state index contributed by atoms with van der Waals surface area (Å²) in [6.07, 6.45) is 18.4. The Morgan fingerprint density at radius 3 is 2.66 bits per heavy atom. The first kappa shape index (κ1) is 29.9. The maximum atomic E-state index is 12.4. The minimum atomic E-state index is -0.455. The van der Waals surface area contributed by atoms with Gasteiger partial charge in [-0.3, -0.25) is 0 Å². The number of aliphatic hydroxyl groups is 1. The third-order valence-corrected chi connectivity index (χ3v) is 11.5. The lowest BCUT2D eigenvalue weighted by Crippen LogP contribution is -2.50. The van der Waals surface area contributed by atoms with E-state index in [0.29, 0.717) is 31.4 Å². The van der Waals surface area contributed by atoms with Gasteiger partial charge in [0.05, 0.1) is 6.10 Å². The van der Waals surface area contributed by atoms with Crippen molar-refractivity contribution in [3.8, 4) is 0 Å². The lowest BCUT2D eigenvalue weighted by atomic mass is 9.47. The van der Waals surface area contributed by atoms with Gasteiger partial charge in [0.25, 0.3) is 0 Å². The first-order chi connectivity index (χ1) is 18.2. The molecule has 3 saturated carbocycles. The normalized spacial score (nSPS) is 37.1. The average molecular weight is 532 g/mol. The van der Waals surface area contributed by atoms with Crippen molar-refractivity contribution in [1.29, 1.82) is 0 Å². The van der Waals surface area contributed by atoms with E-state index in [1.54, 1.807) is 12.7 Å². The molecule has 0 radical (unpaired) electrons. The van der Waals surface area contributed by atoms with Crippen molar-refractivity contribution < 1.29 is 19.4 Å². The summed E-state index contributed by atoms with van der Waals surface area (Å²) in [6, 6.07) is 0. The van der Waals surface area contributed by atoms with Crippen LogP contribution in [0, 0.1) is 40.4 Å². The molecule has 0 heterocycles. The van der Waals surface area contributed by atoms with Crippen LogP contribution in [0.2, 0.25) is 0 Å². The molecule has 0 saturated heterocycles. The zero-order valence-electron chi connectivity index (χ0n) is 25.1. The van der Waals surface area contributed by atoms with Gasteiger partial charge in [-0.05, 0) is 105 Å². The summed E-state index contributed by atoms with van der Waals surface area (Å²) in [5.74, 6) is 4.30. The van der Waals surface area contributed by atoms with Crippen molar-refractivity contribution in [2.45, 2.75) is 130 Å². The number of fused-ring (bicyclic) bond motifs is 5. The predicted molar refractivity (Wildman–Crippen MR) is 154 cm³/mol. The lowest BCUT2D eigenvalue weighted by Gasteiger charge is -2.58. The highest BCUT2D eigenvalue weighted by Gasteiger charge is 2.58. The number of aliphatic hydroxyl groups excluding tert-OH is 1. The number of nitrogens with one attached hydrogen (secondary N) is 1. The van der Waals surface area contributed by atoms with Gasteiger partial charge >= 0.3 is 6.09 Å². The second kappa shape index (κ2) is 13.1. The van der Waals surface area contributed by atoms with Crippen LogP contribution < -0.4 is 5.32 Å². The number of rotatable bonds is 12. The number of carbonyl (C=O) groups is 1. The van der Waals surface area contributed by atoms with Gasteiger partial charge in [0.1, 0.15) is 6.10 Å². The molecule has 5 nitrogen and oxygen atoms in total. The Balaban J connectivity index is 1.29. The third-order valence-electron chi connectivity index (χ3n) is 11.5. The van der Waals surface area contributed by atoms with Gasteiger partial charge in [0.2, 0.25) is 0 Å². The largest absolute Gasteiger partial charge is 0.446 e. The van der Waals surface area contributed by atoms with Crippen LogP contribution in [-0.2, 0) is 9.47 Å². The van der Waals surface area contributed by atoms with Crippen LogP contribution in [0.4, 0.5) is 4.79 Å². The maximum absolute atomic E-state index is 12.4. The molecule has 38 heavy (non-hydrogen) atoms. The van der Waals surface area contributed by atoms with Crippen molar-refractivity contribution in [2.75, 3.05) is 20.3 Å². The Morgan fingerprint density at radius 2 is 1.89 bits per heavy atom. The van der Waals surface area contributed by atoms with E-state index in [1.807, 2.05) is 0 Å². The SMILES string of the molecule is COCCC(O)CCNC(=O)O[C@@H]1CC[C@]2(C)C(=CCC3C2CC[C@]2(C)C3CC[C@H]2CCCCC(C)C)C1. The molecule has 0 aromatic rings. The van der Waals surface area contributed by atoms with Crippen molar-refractivity contribution in [1.82, 2.24) is 5.32 Å². The van der Waals surface area contributed by atoms with Crippen LogP contribution in [0.5, 0.6) is 0 Å². The Hall–Kier alpha value is -1.07. The van der Waals surface area contributed by atoms with E-state index in [2.05, 4.69) is 39.1 Å². The Labute approximate surface area is 232 Å². The van der Waals surface area contributed by atoms with Crippen molar-refractivity contribution in [3.63, 3.8) is 0 Å². The van der Waals surface area contributed by atoms with E-state index in [-0.39, 0.29) is 17.6 Å². The Kier molecular flexibility index (Phi) is 10.3. The minimum absolute atomic E-state index is 0.0279. The Bertz CT molecular complexity index is 811. The van der Waals surface area contributed by atoms with Gasteiger partial charge in [0.15, 0.2) is 0 Å². The van der Waals surface area contributed by atoms with E-state index < -0.39 is 6.10 Å². The highest BCUT2D eigenvalue weighted by molar-refractivity contribution is 5.67. The van der Waals surface area contributed by atoms with E-state index in [1.165, 1.54) is 57.8 Å². The first-order valence-corrected chi connectivity index (χ1v) is 16.0. The van der Waals surface area contributed by atoms with Gasteiger partial charge in [-0.2, -0.15) is 0 Å². The van der Waals surface area contributed by atoms with Gasteiger partial charge in [-0.25, -0.2) is 4.79 Å². The molecule has 0 aliphatic heterocycles. The molecular weight excluding hydrogens is 474 g/mol. The van der Waals surface area contributed by atoms with Gasteiger partial charge in [0, 0.05) is 26.7 Å². The highest BCUT2D eigenvalue weighted by atomic mass is 16.6. The summed E-state index contributed by atoms with van der Waals surface area (Å²) < 4.78 is 10.8. The van der Waals surface area contributed by atoms with E-state index in [4.69, 9.17) is 9.47 Å². The first-order valence-electron chi connectivity index (χ1n) is 16.0. The van der Waals surface area contributed by atoms with E-state index >= 15 is 0 Å². The number of carbonyl (C=O) groups excluding carboxylic acids is 1. The second-order valence-corrected chi connectivity index (χ2v) is 14.2. The average Bonchev–Trinajstić information content (AvgIpc) is 3.21. The zero-order valence-corrected chi connectivity index (χ0v) is 25.1. The molecule has 0 spiro atoms. The lowest BCUT2D eigenvalue weighted by molar-refractivity contribution is -0.0519. The minimum Gasteiger partial charge on any atom is -0.446 e. The molecule has 1 amide bonds. The molecule has 218 valence electrons. The summed E-state index contributed by atoms with van der Waals surface area (Å²) in [5.41, 5.74) is 2.39. The number of amides is 1. The number of allylic oxidation sites excluding steroid dienone is 1. The fourth-order valence-electron chi connectivity index (χ4n) is 9.19. The number of unbranched alkanes of at least 4 members (excludes halogenated alkanes) is 1. The predicted octanol–water partition coefficient (Wildman–Crippen LogP) is 7.66. The molecule has 4 aliphatic rings. The molecule has 8 atom stereocenters. The molecule has 4 unspecified atom stereocenters. The number of hydrogen-bond acceptors (Lipinski definition) is 4. The summed E-state index contributed by atoms with van der Waals surface area (Å²) in [5, 5.41) is 12.8. The zero-order chi connectivity index (χ0) is 27.3. The van der Waals surface area contributed by atoms with Crippen LogP contribution in [0.15, 0.2) is 11.6 Å². The van der Waals surface area contributed by atoms with Gasteiger partial charge in [-0.15, -0.1) is 0 Å². The number of ether oxygens (including phenoxy) is 2. The molecule has 4 aliphatic carbocycles. The molecule has 0 aromatic heterocycles. The number of alkyl carbamates (subject to hydrolysis) is 1. The Morgan fingerprint density at radius 1 is 1.08 bits per heavy atom. The molecule has 0 aromatic carbocycles. The fourth-order valence-corrected chi connectivity index (χ4v) is 9.19. The van der Waals surface area contributed by atoms with Crippen LogP contribution in [0.1, 0.15) is 118 Å². The van der Waals surface area contributed by atoms with E-state index in [0.717, 1.165) is 48.9 Å². The standard InChI is InChI=1S/C33H57NO4/c1-23(2)8-6-7-9-24-11-13-29-28-12-10-25-22-27(38-31(36)34-20-16-26(35)17-21-37-5)14-18-33(25,4)30(28)15-19-32(24,29)3/h10,23-24,26-30,35H,6-9,11-22H2,1-5H3,(H,34,36)/t24-,26?,27-,28?,29?,30?,32+,33-/m1/s1. The quantitative estimate of drug-likeness (QED) is 0.200. The number of methoxy groups -OCH3 is 1. The highest BCUT2D eigenvalue weighted by Crippen LogP contribution is 2.66. The van der Waals surface area contributed by atoms with Crippen LogP contribution in [-0.4, -0.2) is 43.7 Å². The summed E-state index contributed by atoms with van der Waals surface area (Å²) >= 11 is 0. The van der Waals surface area contributed by atoms with Crippen LogP contribution in [0.25, 0.3) is 0 Å². The molecule has 5 heteroatoms.